The Bertz CT molecular complexity index is 465. The normalized spacial score (nSPS) is 25.5. The molecular weight excluding hydrogens is 333 g/mol. The standard InChI is InChI=1S/C15H18BrF3O/c1-9-2-4-10(5-3-9)14(20)12-7-6-11(16)8-13(12)15(17,18)19/h6-10,14,20H,2-5H2,1H3. The molecule has 0 aliphatic heterocycles. The van der Waals surface area contributed by atoms with Gasteiger partial charge >= 0.3 is 6.18 Å². The summed E-state index contributed by atoms with van der Waals surface area (Å²) in [6, 6.07) is 3.98. The Balaban J connectivity index is 2.27. The van der Waals surface area contributed by atoms with Crippen molar-refractivity contribution in [3.63, 3.8) is 0 Å². The largest absolute Gasteiger partial charge is 0.416 e. The molecule has 1 aliphatic rings. The van der Waals surface area contributed by atoms with E-state index in [0.29, 0.717) is 10.4 Å². The van der Waals surface area contributed by atoms with E-state index in [-0.39, 0.29) is 11.5 Å². The van der Waals surface area contributed by atoms with E-state index in [0.717, 1.165) is 31.7 Å². The lowest BCUT2D eigenvalue weighted by molar-refractivity contribution is -0.139. The van der Waals surface area contributed by atoms with Crippen molar-refractivity contribution in [2.45, 2.75) is 44.9 Å². The van der Waals surface area contributed by atoms with E-state index >= 15 is 0 Å². The second kappa shape index (κ2) is 6.06. The number of hydrogen-bond acceptors (Lipinski definition) is 1. The van der Waals surface area contributed by atoms with Crippen LogP contribution < -0.4 is 0 Å². The Morgan fingerprint density at radius 3 is 2.35 bits per heavy atom. The molecule has 1 N–H and O–H groups in total. The molecule has 0 bridgehead atoms. The highest BCUT2D eigenvalue weighted by Crippen LogP contribution is 2.42. The molecule has 2 rings (SSSR count). The number of rotatable bonds is 2. The lowest BCUT2D eigenvalue weighted by Crippen LogP contribution is -2.22. The lowest BCUT2D eigenvalue weighted by atomic mass is 9.78. The van der Waals surface area contributed by atoms with Crippen LogP contribution >= 0.6 is 15.9 Å². The van der Waals surface area contributed by atoms with E-state index < -0.39 is 17.8 Å². The summed E-state index contributed by atoms with van der Waals surface area (Å²) >= 11 is 3.06. The summed E-state index contributed by atoms with van der Waals surface area (Å²) < 4.78 is 39.6. The summed E-state index contributed by atoms with van der Waals surface area (Å²) in [5, 5.41) is 10.4. The van der Waals surface area contributed by atoms with Crippen LogP contribution in [0.3, 0.4) is 0 Å². The van der Waals surface area contributed by atoms with Crippen molar-refractivity contribution in [1.29, 1.82) is 0 Å². The zero-order chi connectivity index (χ0) is 14.9. The van der Waals surface area contributed by atoms with Gasteiger partial charge in [0.15, 0.2) is 0 Å². The van der Waals surface area contributed by atoms with Crippen LogP contribution in [-0.2, 0) is 6.18 Å². The SMILES string of the molecule is CC1CCC(C(O)c2ccc(Br)cc2C(F)(F)F)CC1. The Labute approximate surface area is 125 Å². The lowest BCUT2D eigenvalue weighted by Gasteiger charge is -2.31. The van der Waals surface area contributed by atoms with Gasteiger partial charge in [0.2, 0.25) is 0 Å². The number of aliphatic hydroxyl groups is 1. The van der Waals surface area contributed by atoms with Crippen LogP contribution in [-0.4, -0.2) is 5.11 Å². The fraction of sp³-hybridized carbons (Fsp3) is 0.600. The zero-order valence-electron chi connectivity index (χ0n) is 11.3. The van der Waals surface area contributed by atoms with E-state index in [2.05, 4.69) is 22.9 Å². The molecule has 1 fully saturated rings. The molecular formula is C15H18BrF3O. The number of benzene rings is 1. The minimum Gasteiger partial charge on any atom is -0.388 e. The van der Waals surface area contributed by atoms with Crippen molar-refractivity contribution in [2.75, 3.05) is 0 Å². The molecule has 1 saturated carbocycles. The molecule has 1 aliphatic carbocycles. The molecule has 1 atom stereocenters. The van der Waals surface area contributed by atoms with Gasteiger partial charge in [-0.1, -0.05) is 41.8 Å². The van der Waals surface area contributed by atoms with Crippen LogP contribution in [0.5, 0.6) is 0 Å². The minimum absolute atomic E-state index is 0.000234. The fourth-order valence-electron chi connectivity index (χ4n) is 2.89. The van der Waals surface area contributed by atoms with Crippen molar-refractivity contribution < 1.29 is 18.3 Å². The molecule has 0 radical (unpaired) electrons. The molecule has 1 nitrogen and oxygen atoms in total. The number of halogens is 4. The third-order valence-electron chi connectivity index (χ3n) is 4.15. The monoisotopic (exact) mass is 350 g/mol. The van der Waals surface area contributed by atoms with E-state index in [9.17, 15) is 18.3 Å². The quantitative estimate of drug-likeness (QED) is 0.764. The highest BCUT2D eigenvalue weighted by Gasteiger charge is 2.37. The first-order valence-corrected chi connectivity index (χ1v) is 7.63. The van der Waals surface area contributed by atoms with Crippen molar-refractivity contribution in [1.82, 2.24) is 0 Å². The molecule has 0 saturated heterocycles. The average molecular weight is 351 g/mol. The minimum atomic E-state index is -4.44. The summed E-state index contributed by atoms with van der Waals surface area (Å²) in [4.78, 5) is 0. The van der Waals surface area contributed by atoms with Crippen LogP contribution in [0.25, 0.3) is 0 Å². The molecule has 0 amide bonds. The van der Waals surface area contributed by atoms with Gasteiger partial charge in [0.05, 0.1) is 11.7 Å². The molecule has 1 unspecified atom stereocenters. The molecule has 5 heteroatoms. The van der Waals surface area contributed by atoms with Gasteiger partial charge in [-0.05, 0) is 42.4 Å². The van der Waals surface area contributed by atoms with E-state index in [1.165, 1.54) is 6.07 Å². The van der Waals surface area contributed by atoms with Crippen LogP contribution in [0.1, 0.15) is 49.8 Å². The number of alkyl halides is 3. The highest BCUT2D eigenvalue weighted by atomic mass is 79.9. The summed E-state index contributed by atoms with van der Waals surface area (Å²) in [5.41, 5.74) is -0.738. The third-order valence-corrected chi connectivity index (χ3v) is 4.64. The van der Waals surface area contributed by atoms with Gasteiger partial charge in [-0.3, -0.25) is 0 Å². The van der Waals surface area contributed by atoms with Crippen LogP contribution in [0.15, 0.2) is 22.7 Å². The third kappa shape index (κ3) is 3.55. The summed E-state index contributed by atoms with van der Waals surface area (Å²) in [6.07, 6.45) is -1.96. The first-order chi connectivity index (χ1) is 9.29. The molecule has 112 valence electrons. The molecule has 0 heterocycles. The zero-order valence-corrected chi connectivity index (χ0v) is 12.8. The maximum absolute atomic E-state index is 13.1. The number of aliphatic hydroxyl groups excluding tert-OH is 1. The summed E-state index contributed by atoms with van der Waals surface area (Å²) in [7, 11) is 0. The van der Waals surface area contributed by atoms with Gasteiger partial charge < -0.3 is 5.11 Å². The molecule has 1 aromatic rings. The Morgan fingerprint density at radius 1 is 1.20 bits per heavy atom. The predicted octanol–water partition coefficient (Wildman–Crippen LogP) is 5.33. The van der Waals surface area contributed by atoms with Crippen molar-refractivity contribution in [3.05, 3.63) is 33.8 Å². The summed E-state index contributed by atoms with van der Waals surface area (Å²) in [6.45, 7) is 2.14. The second-order valence-electron chi connectivity index (χ2n) is 5.69. The maximum atomic E-state index is 13.1. The Kier molecular flexibility index (Phi) is 4.80. The predicted molar refractivity (Wildman–Crippen MR) is 75.2 cm³/mol. The smallest absolute Gasteiger partial charge is 0.388 e. The topological polar surface area (TPSA) is 20.2 Å². The molecule has 1 aromatic carbocycles. The average Bonchev–Trinajstić information content (AvgIpc) is 2.38. The second-order valence-corrected chi connectivity index (χ2v) is 6.61. The van der Waals surface area contributed by atoms with Crippen LogP contribution in [0.4, 0.5) is 13.2 Å². The first kappa shape index (κ1) is 15.8. The Morgan fingerprint density at radius 2 is 1.80 bits per heavy atom. The van der Waals surface area contributed by atoms with E-state index in [1.807, 2.05) is 0 Å². The first-order valence-electron chi connectivity index (χ1n) is 6.83. The van der Waals surface area contributed by atoms with Crippen molar-refractivity contribution >= 4 is 15.9 Å². The summed E-state index contributed by atoms with van der Waals surface area (Å²) in [5.74, 6) is 0.527. The van der Waals surface area contributed by atoms with Gasteiger partial charge in [-0.15, -0.1) is 0 Å². The van der Waals surface area contributed by atoms with E-state index in [4.69, 9.17) is 0 Å². The van der Waals surface area contributed by atoms with Crippen molar-refractivity contribution in [3.8, 4) is 0 Å². The van der Waals surface area contributed by atoms with Gasteiger partial charge in [-0.25, -0.2) is 0 Å². The molecule has 20 heavy (non-hydrogen) atoms. The van der Waals surface area contributed by atoms with Crippen LogP contribution in [0, 0.1) is 11.8 Å². The highest BCUT2D eigenvalue weighted by molar-refractivity contribution is 9.10. The van der Waals surface area contributed by atoms with Gasteiger partial charge in [-0.2, -0.15) is 13.2 Å². The van der Waals surface area contributed by atoms with Crippen LogP contribution in [0.2, 0.25) is 0 Å². The van der Waals surface area contributed by atoms with Gasteiger partial charge in [0, 0.05) is 4.47 Å². The van der Waals surface area contributed by atoms with Gasteiger partial charge in [0.25, 0.3) is 0 Å². The molecule has 0 spiro atoms. The maximum Gasteiger partial charge on any atom is 0.416 e. The van der Waals surface area contributed by atoms with Gasteiger partial charge in [0.1, 0.15) is 0 Å². The number of hydrogen-bond donors (Lipinski definition) is 1. The van der Waals surface area contributed by atoms with Crippen molar-refractivity contribution in [2.24, 2.45) is 11.8 Å². The fourth-order valence-corrected chi connectivity index (χ4v) is 3.25. The Hall–Kier alpha value is -0.550. The molecule has 0 aromatic heterocycles. The van der Waals surface area contributed by atoms with E-state index in [1.54, 1.807) is 6.07 Å².